The Kier molecular flexibility index (Phi) is 5.10. The molecular formula is C13H20ClNO. The van der Waals surface area contributed by atoms with E-state index < -0.39 is 0 Å². The van der Waals surface area contributed by atoms with E-state index in [9.17, 15) is 5.11 Å². The van der Waals surface area contributed by atoms with E-state index in [2.05, 4.69) is 25.8 Å². The lowest BCUT2D eigenvalue weighted by Crippen LogP contribution is -2.31. The molecule has 1 aromatic rings. The number of aliphatic hydroxyl groups is 1. The van der Waals surface area contributed by atoms with Gasteiger partial charge in [-0.3, -0.25) is 0 Å². The summed E-state index contributed by atoms with van der Waals surface area (Å²) >= 11 is 6.00. The lowest BCUT2D eigenvalue weighted by atomic mass is 10.1. The summed E-state index contributed by atoms with van der Waals surface area (Å²) in [6.07, 6.45) is 2.18. The van der Waals surface area contributed by atoms with Crippen molar-refractivity contribution in [3.63, 3.8) is 0 Å². The highest BCUT2D eigenvalue weighted by atomic mass is 35.5. The van der Waals surface area contributed by atoms with Crippen molar-refractivity contribution in [2.45, 2.75) is 39.3 Å². The normalized spacial score (nSPS) is 10.9. The predicted octanol–water partition coefficient (Wildman–Crippen LogP) is 3.46. The highest BCUT2D eigenvalue weighted by Gasteiger charge is 2.14. The van der Waals surface area contributed by atoms with Gasteiger partial charge in [0.05, 0.1) is 6.61 Å². The summed E-state index contributed by atoms with van der Waals surface area (Å²) in [5, 5.41) is 10.0. The van der Waals surface area contributed by atoms with Crippen molar-refractivity contribution in [1.29, 1.82) is 0 Å². The lowest BCUT2D eigenvalue weighted by Gasteiger charge is -2.30. The van der Waals surface area contributed by atoms with Crippen molar-refractivity contribution in [1.82, 2.24) is 0 Å². The molecule has 0 unspecified atom stereocenters. The van der Waals surface area contributed by atoms with Crippen molar-refractivity contribution < 1.29 is 5.11 Å². The first-order valence-corrected chi connectivity index (χ1v) is 6.13. The second kappa shape index (κ2) is 6.12. The van der Waals surface area contributed by atoms with Crippen molar-refractivity contribution in [2.75, 3.05) is 11.9 Å². The molecule has 0 spiro atoms. The Bertz CT molecular complexity index is 337. The number of halogens is 1. The molecule has 16 heavy (non-hydrogen) atoms. The minimum atomic E-state index is 0.0526. The van der Waals surface area contributed by atoms with Crippen LogP contribution in [0.3, 0.4) is 0 Å². The van der Waals surface area contributed by atoms with Gasteiger partial charge >= 0.3 is 0 Å². The zero-order valence-corrected chi connectivity index (χ0v) is 11.0. The highest BCUT2D eigenvalue weighted by molar-refractivity contribution is 6.30. The largest absolute Gasteiger partial charge is 0.392 e. The van der Waals surface area contributed by atoms with E-state index in [4.69, 9.17) is 11.6 Å². The smallest absolute Gasteiger partial charge is 0.0702 e. The zero-order chi connectivity index (χ0) is 12.1. The summed E-state index contributed by atoms with van der Waals surface area (Å²) in [5.74, 6) is 0. The SMILES string of the molecule is CCC(CC)N(C)c1cc(Cl)ccc1CO. The molecule has 90 valence electrons. The van der Waals surface area contributed by atoms with Crippen LogP contribution in [0.5, 0.6) is 0 Å². The van der Waals surface area contributed by atoms with Crippen LogP contribution in [0.4, 0.5) is 5.69 Å². The van der Waals surface area contributed by atoms with Crippen LogP contribution in [0.15, 0.2) is 18.2 Å². The van der Waals surface area contributed by atoms with E-state index in [1.807, 2.05) is 18.2 Å². The molecule has 0 bridgehead atoms. The summed E-state index contributed by atoms with van der Waals surface area (Å²) in [5.41, 5.74) is 1.96. The molecular weight excluding hydrogens is 222 g/mol. The average Bonchev–Trinajstić information content (AvgIpc) is 2.30. The van der Waals surface area contributed by atoms with E-state index in [1.54, 1.807) is 0 Å². The van der Waals surface area contributed by atoms with E-state index in [0.717, 1.165) is 24.1 Å². The molecule has 0 amide bonds. The molecule has 2 nitrogen and oxygen atoms in total. The number of anilines is 1. The summed E-state index contributed by atoms with van der Waals surface area (Å²) in [6.45, 7) is 4.40. The quantitative estimate of drug-likeness (QED) is 0.854. The Morgan fingerprint density at radius 2 is 1.94 bits per heavy atom. The average molecular weight is 242 g/mol. The first kappa shape index (κ1) is 13.3. The molecule has 0 aliphatic rings. The summed E-state index contributed by atoms with van der Waals surface area (Å²) < 4.78 is 0. The Morgan fingerprint density at radius 3 is 2.44 bits per heavy atom. The third kappa shape index (κ3) is 2.89. The van der Waals surface area contributed by atoms with Gasteiger partial charge in [0.2, 0.25) is 0 Å². The van der Waals surface area contributed by atoms with E-state index in [-0.39, 0.29) is 6.61 Å². The second-order valence-electron chi connectivity index (χ2n) is 4.01. The number of benzene rings is 1. The van der Waals surface area contributed by atoms with Crippen LogP contribution < -0.4 is 4.90 Å². The Labute approximate surface area is 103 Å². The first-order valence-electron chi connectivity index (χ1n) is 5.76. The van der Waals surface area contributed by atoms with E-state index >= 15 is 0 Å². The van der Waals surface area contributed by atoms with Gasteiger partial charge in [0.1, 0.15) is 0 Å². The molecule has 0 saturated heterocycles. The number of hydrogen-bond acceptors (Lipinski definition) is 2. The molecule has 1 aromatic carbocycles. The molecule has 3 heteroatoms. The molecule has 0 heterocycles. The van der Waals surface area contributed by atoms with Crippen LogP contribution >= 0.6 is 11.6 Å². The summed E-state index contributed by atoms with van der Waals surface area (Å²) in [4.78, 5) is 2.21. The summed E-state index contributed by atoms with van der Waals surface area (Å²) in [6, 6.07) is 6.11. The van der Waals surface area contributed by atoms with Gasteiger partial charge in [-0.25, -0.2) is 0 Å². The van der Waals surface area contributed by atoms with E-state index in [1.165, 1.54) is 0 Å². The van der Waals surface area contributed by atoms with Gasteiger partial charge < -0.3 is 10.0 Å². The maximum atomic E-state index is 9.32. The van der Waals surface area contributed by atoms with Crippen LogP contribution in [-0.4, -0.2) is 18.2 Å². The lowest BCUT2D eigenvalue weighted by molar-refractivity contribution is 0.282. The van der Waals surface area contributed by atoms with Gasteiger partial charge in [-0.1, -0.05) is 31.5 Å². The van der Waals surface area contributed by atoms with Crippen LogP contribution in [0.25, 0.3) is 0 Å². The maximum Gasteiger partial charge on any atom is 0.0702 e. The van der Waals surface area contributed by atoms with Gasteiger partial charge in [0, 0.05) is 29.4 Å². The summed E-state index contributed by atoms with van der Waals surface area (Å²) in [7, 11) is 2.06. The highest BCUT2D eigenvalue weighted by Crippen LogP contribution is 2.27. The van der Waals surface area contributed by atoms with Crippen LogP contribution in [0, 0.1) is 0 Å². The molecule has 0 radical (unpaired) electrons. The predicted molar refractivity (Wildman–Crippen MR) is 70.1 cm³/mol. The van der Waals surface area contributed by atoms with Crippen molar-refractivity contribution in [3.8, 4) is 0 Å². The van der Waals surface area contributed by atoms with Crippen molar-refractivity contribution in [3.05, 3.63) is 28.8 Å². The van der Waals surface area contributed by atoms with Crippen molar-refractivity contribution >= 4 is 17.3 Å². The van der Waals surface area contributed by atoms with Crippen LogP contribution in [0.2, 0.25) is 5.02 Å². The second-order valence-corrected chi connectivity index (χ2v) is 4.45. The fraction of sp³-hybridized carbons (Fsp3) is 0.538. The molecule has 0 aliphatic heterocycles. The van der Waals surface area contributed by atoms with Crippen LogP contribution in [-0.2, 0) is 6.61 Å². The van der Waals surface area contributed by atoms with Gasteiger partial charge in [0.15, 0.2) is 0 Å². The van der Waals surface area contributed by atoms with Gasteiger partial charge in [0.25, 0.3) is 0 Å². The fourth-order valence-electron chi connectivity index (χ4n) is 2.03. The Morgan fingerprint density at radius 1 is 1.31 bits per heavy atom. The molecule has 0 aliphatic carbocycles. The third-order valence-corrected chi connectivity index (χ3v) is 3.32. The molecule has 0 aromatic heterocycles. The molecule has 0 saturated carbocycles. The minimum Gasteiger partial charge on any atom is -0.392 e. The Balaban J connectivity index is 3.04. The molecule has 0 atom stereocenters. The van der Waals surface area contributed by atoms with Gasteiger partial charge in [-0.15, -0.1) is 0 Å². The monoisotopic (exact) mass is 241 g/mol. The maximum absolute atomic E-state index is 9.32. The zero-order valence-electron chi connectivity index (χ0n) is 10.2. The number of rotatable bonds is 5. The van der Waals surface area contributed by atoms with E-state index in [0.29, 0.717) is 11.1 Å². The van der Waals surface area contributed by atoms with Crippen molar-refractivity contribution in [2.24, 2.45) is 0 Å². The fourth-order valence-corrected chi connectivity index (χ4v) is 2.20. The Hall–Kier alpha value is -0.730. The molecule has 0 fully saturated rings. The topological polar surface area (TPSA) is 23.5 Å². The molecule has 1 N–H and O–H groups in total. The third-order valence-electron chi connectivity index (χ3n) is 3.09. The van der Waals surface area contributed by atoms with Gasteiger partial charge in [-0.05, 0) is 25.0 Å². The number of aliphatic hydroxyl groups excluding tert-OH is 1. The standard InChI is InChI=1S/C13H20ClNO/c1-4-12(5-2)15(3)13-8-11(14)7-6-10(13)9-16/h6-8,12,16H,4-5,9H2,1-3H3. The number of nitrogens with zero attached hydrogens (tertiary/aromatic N) is 1. The number of hydrogen-bond donors (Lipinski definition) is 1. The van der Waals surface area contributed by atoms with Gasteiger partial charge in [-0.2, -0.15) is 0 Å². The van der Waals surface area contributed by atoms with Crippen LogP contribution in [0.1, 0.15) is 32.3 Å². The first-order chi connectivity index (χ1) is 7.63. The minimum absolute atomic E-state index is 0.0526. The molecule has 1 rings (SSSR count).